The molecule has 1 aliphatic heterocycles. The van der Waals surface area contributed by atoms with Crippen LogP contribution in [0.3, 0.4) is 0 Å². The second kappa shape index (κ2) is 6.99. The average Bonchev–Trinajstić information content (AvgIpc) is 2.86. The van der Waals surface area contributed by atoms with Gasteiger partial charge in [-0.3, -0.25) is 14.6 Å². The summed E-state index contributed by atoms with van der Waals surface area (Å²) < 4.78 is 0. The third-order valence-corrected chi connectivity index (χ3v) is 4.81. The predicted octanol–water partition coefficient (Wildman–Crippen LogP) is 3.90. The number of amides is 1. The topological polar surface area (TPSA) is 70.5 Å². The highest BCUT2D eigenvalue weighted by atomic mass is 16.3. The lowest BCUT2D eigenvalue weighted by atomic mass is 9.81. The van der Waals surface area contributed by atoms with Crippen LogP contribution in [0, 0.1) is 12.3 Å². The lowest BCUT2D eigenvalue weighted by Crippen LogP contribution is -2.32. The number of aliphatic hydroxyl groups excluding tert-OH is 1. The molecule has 0 spiro atoms. The second-order valence-corrected chi connectivity index (χ2v) is 7.89. The molecule has 1 aromatic carbocycles. The van der Waals surface area contributed by atoms with Crippen molar-refractivity contribution in [3.63, 3.8) is 0 Å². The highest BCUT2D eigenvalue weighted by Gasteiger charge is 2.46. The van der Waals surface area contributed by atoms with Crippen LogP contribution in [0.25, 0.3) is 0 Å². The molecule has 0 bridgehead atoms. The van der Waals surface area contributed by atoms with Crippen molar-refractivity contribution in [2.45, 2.75) is 40.3 Å². The third-order valence-electron chi connectivity index (χ3n) is 4.81. The number of hydrogen-bond donors (Lipinski definition) is 1. The number of hydrogen-bond acceptors (Lipinski definition) is 4. The first-order valence-corrected chi connectivity index (χ1v) is 8.95. The molecule has 2 heterocycles. The van der Waals surface area contributed by atoms with Crippen LogP contribution < -0.4 is 0 Å². The van der Waals surface area contributed by atoms with E-state index < -0.39 is 23.1 Å². The van der Waals surface area contributed by atoms with E-state index in [9.17, 15) is 14.7 Å². The van der Waals surface area contributed by atoms with Crippen molar-refractivity contribution in [2.24, 2.45) is 5.41 Å². The summed E-state index contributed by atoms with van der Waals surface area (Å²) in [4.78, 5) is 31.6. The molecule has 0 aliphatic carbocycles. The van der Waals surface area contributed by atoms with Gasteiger partial charge in [0.15, 0.2) is 11.5 Å². The van der Waals surface area contributed by atoms with Crippen molar-refractivity contribution >= 4 is 11.7 Å². The molecule has 1 unspecified atom stereocenters. The van der Waals surface area contributed by atoms with E-state index in [1.807, 2.05) is 43.3 Å². The zero-order chi connectivity index (χ0) is 19.8. The highest BCUT2D eigenvalue weighted by Crippen LogP contribution is 2.42. The van der Waals surface area contributed by atoms with Crippen LogP contribution in [0.15, 0.2) is 60.1 Å². The SMILES string of the molecule is Cc1ccccc1C1C(C(=O)C(C)(C)C)=C(O)C(=O)N1Cc1ccncc1. The number of aryl methyl sites for hydroxylation is 1. The maximum absolute atomic E-state index is 13.1. The molecule has 5 heteroatoms. The van der Waals surface area contributed by atoms with Gasteiger partial charge >= 0.3 is 0 Å². The van der Waals surface area contributed by atoms with Gasteiger partial charge in [-0.15, -0.1) is 0 Å². The molecule has 140 valence electrons. The number of aliphatic hydroxyl groups is 1. The molecule has 0 fully saturated rings. The first-order valence-electron chi connectivity index (χ1n) is 8.95. The Kier molecular flexibility index (Phi) is 4.87. The monoisotopic (exact) mass is 364 g/mol. The predicted molar refractivity (Wildman–Crippen MR) is 103 cm³/mol. The van der Waals surface area contributed by atoms with Gasteiger partial charge in [0.1, 0.15) is 0 Å². The Bertz CT molecular complexity index is 911. The number of Topliss-reactive ketones (excluding diaryl/α,β-unsaturated/α-hetero) is 1. The van der Waals surface area contributed by atoms with Crippen molar-refractivity contribution in [1.29, 1.82) is 0 Å². The Labute approximate surface area is 159 Å². The maximum Gasteiger partial charge on any atom is 0.290 e. The summed E-state index contributed by atoms with van der Waals surface area (Å²) >= 11 is 0. The van der Waals surface area contributed by atoms with Crippen molar-refractivity contribution in [1.82, 2.24) is 9.88 Å². The second-order valence-electron chi connectivity index (χ2n) is 7.89. The van der Waals surface area contributed by atoms with E-state index in [0.717, 1.165) is 16.7 Å². The van der Waals surface area contributed by atoms with Crippen molar-refractivity contribution in [2.75, 3.05) is 0 Å². The molecule has 27 heavy (non-hydrogen) atoms. The summed E-state index contributed by atoms with van der Waals surface area (Å²) in [6.07, 6.45) is 3.32. The van der Waals surface area contributed by atoms with Crippen molar-refractivity contribution in [3.8, 4) is 0 Å². The van der Waals surface area contributed by atoms with Crippen LogP contribution in [0.5, 0.6) is 0 Å². The molecule has 1 aliphatic rings. The fraction of sp³-hybridized carbons (Fsp3) is 0.318. The number of aromatic nitrogens is 1. The Balaban J connectivity index is 2.13. The number of ketones is 1. The molecule has 3 rings (SSSR count). The van der Waals surface area contributed by atoms with Gasteiger partial charge in [-0.25, -0.2) is 0 Å². The zero-order valence-corrected chi connectivity index (χ0v) is 16.1. The van der Waals surface area contributed by atoms with Gasteiger partial charge in [0, 0.05) is 24.4 Å². The van der Waals surface area contributed by atoms with Crippen LogP contribution in [0.2, 0.25) is 0 Å². The molecule has 1 aromatic heterocycles. The number of benzene rings is 1. The van der Waals surface area contributed by atoms with Crippen LogP contribution >= 0.6 is 0 Å². The van der Waals surface area contributed by atoms with Gasteiger partial charge in [-0.1, -0.05) is 45.0 Å². The Morgan fingerprint density at radius 3 is 2.37 bits per heavy atom. The molecular formula is C22H24N2O3. The molecule has 0 saturated heterocycles. The van der Waals surface area contributed by atoms with Gasteiger partial charge in [-0.05, 0) is 35.7 Å². The van der Waals surface area contributed by atoms with E-state index in [-0.39, 0.29) is 17.9 Å². The molecule has 0 saturated carbocycles. The lowest BCUT2D eigenvalue weighted by molar-refractivity contribution is -0.130. The molecule has 1 amide bonds. The van der Waals surface area contributed by atoms with Crippen molar-refractivity contribution in [3.05, 3.63) is 76.8 Å². The highest BCUT2D eigenvalue weighted by molar-refractivity contribution is 6.10. The van der Waals surface area contributed by atoms with E-state index in [1.165, 1.54) is 0 Å². The van der Waals surface area contributed by atoms with Crippen LogP contribution in [-0.4, -0.2) is 26.7 Å². The van der Waals surface area contributed by atoms with E-state index in [2.05, 4.69) is 4.98 Å². The van der Waals surface area contributed by atoms with Gasteiger partial charge in [0.05, 0.1) is 11.6 Å². The number of nitrogens with zero attached hydrogens (tertiary/aromatic N) is 2. The molecule has 2 aromatic rings. The van der Waals surface area contributed by atoms with Crippen molar-refractivity contribution < 1.29 is 14.7 Å². The minimum Gasteiger partial charge on any atom is -0.503 e. The van der Waals surface area contributed by atoms with Gasteiger partial charge in [0.2, 0.25) is 0 Å². The normalized spacial score (nSPS) is 17.6. The van der Waals surface area contributed by atoms with Crippen LogP contribution in [0.1, 0.15) is 43.5 Å². The molecule has 1 atom stereocenters. The molecule has 0 radical (unpaired) electrons. The Morgan fingerprint density at radius 1 is 1.15 bits per heavy atom. The summed E-state index contributed by atoms with van der Waals surface area (Å²) in [7, 11) is 0. The minimum atomic E-state index is -0.711. The third kappa shape index (κ3) is 3.50. The number of pyridine rings is 1. The summed E-state index contributed by atoms with van der Waals surface area (Å²) in [5.41, 5.74) is 2.16. The standard InChI is InChI=1S/C22H24N2O3/c1-14-7-5-6-8-16(14)18-17(20(26)22(2,3)4)19(25)21(27)24(18)13-15-9-11-23-12-10-15/h5-12,18,25H,13H2,1-4H3. The number of rotatable bonds is 4. The fourth-order valence-corrected chi connectivity index (χ4v) is 3.35. The Hall–Kier alpha value is -2.95. The smallest absolute Gasteiger partial charge is 0.290 e. The molecular weight excluding hydrogens is 340 g/mol. The van der Waals surface area contributed by atoms with E-state index in [4.69, 9.17) is 0 Å². The summed E-state index contributed by atoms with van der Waals surface area (Å²) in [6.45, 7) is 7.60. The van der Waals surface area contributed by atoms with E-state index in [0.29, 0.717) is 0 Å². The van der Waals surface area contributed by atoms with E-state index >= 15 is 0 Å². The Morgan fingerprint density at radius 2 is 1.78 bits per heavy atom. The zero-order valence-electron chi connectivity index (χ0n) is 16.1. The molecule has 5 nitrogen and oxygen atoms in total. The first kappa shape index (κ1) is 18.8. The maximum atomic E-state index is 13.1. The fourth-order valence-electron chi connectivity index (χ4n) is 3.35. The van der Waals surface area contributed by atoms with Gasteiger partial charge in [0.25, 0.3) is 5.91 Å². The first-order chi connectivity index (χ1) is 12.7. The van der Waals surface area contributed by atoms with Gasteiger partial charge < -0.3 is 10.0 Å². The minimum absolute atomic E-state index is 0.177. The molecule has 1 N–H and O–H groups in total. The quantitative estimate of drug-likeness (QED) is 0.893. The van der Waals surface area contributed by atoms with Crippen LogP contribution in [0.4, 0.5) is 0 Å². The van der Waals surface area contributed by atoms with Crippen LogP contribution in [-0.2, 0) is 16.1 Å². The van der Waals surface area contributed by atoms with E-state index in [1.54, 1.807) is 38.1 Å². The lowest BCUT2D eigenvalue weighted by Gasteiger charge is -2.30. The summed E-state index contributed by atoms with van der Waals surface area (Å²) in [5, 5.41) is 10.6. The number of carbonyl (C=O) groups is 2. The average molecular weight is 364 g/mol. The summed E-state index contributed by atoms with van der Waals surface area (Å²) in [6, 6.07) is 10.7. The number of carbonyl (C=O) groups excluding carboxylic acids is 2. The van der Waals surface area contributed by atoms with Gasteiger partial charge in [-0.2, -0.15) is 0 Å². The largest absolute Gasteiger partial charge is 0.503 e. The summed E-state index contributed by atoms with van der Waals surface area (Å²) in [5.74, 6) is -1.19.